The van der Waals surface area contributed by atoms with Crippen molar-refractivity contribution in [3.05, 3.63) is 29.8 Å². The Balaban J connectivity index is 1.91. The maximum Gasteiger partial charge on any atom is 0.0602 e. The molecule has 3 nitrogen and oxygen atoms in total. The van der Waals surface area contributed by atoms with E-state index in [0.29, 0.717) is 6.04 Å². The van der Waals surface area contributed by atoms with Crippen LogP contribution in [0.25, 0.3) is 0 Å². The van der Waals surface area contributed by atoms with Gasteiger partial charge in [-0.15, -0.1) is 0 Å². The Morgan fingerprint density at radius 3 is 2.82 bits per heavy atom. The van der Waals surface area contributed by atoms with Gasteiger partial charge in [-0.1, -0.05) is 12.1 Å². The molecule has 1 aromatic carbocycles. The minimum atomic E-state index is 0.174. The van der Waals surface area contributed by atoms with Gasteiger partial charge < -0.3 is 15.3 Å². The first kappa shape index (κ1) is 12.4. The summed E-state index contributed by atoms with van der Waals surface area (Å²) in [6, 6.07) is 9.27. The number of hydrogen-bond acceptors (Lipinski definition) is 3. The van der Waals surface area contributed by atoms with Gasteiger partial charge in [-0.25, -0.2) is 0 Å². The number of rotatable bonds is 6. The molecule has 1 fully saturated rings. The molecule has 3 heteroatoms. The fraction of sp³-hybridized carbons (Fsp3) is 0.571. The molecular formula is C14H22N2O. The summed E-state index contributed by atoms with van der Waals surface area (Å²) >= 11 is 0. The molecule has 1 unspecified atom stereocenters. The van der Waals surface area contributed by atoms with E-state index in [1.165, 1.54) is 24.1 Å². The van der Waals surface area contributed by atoms with Crippen molar-refractivity contribution in [3.8, 4) is 0 Å². The topological polar surface area (TPSA) is 35.5 Å². The third-order valence-electron chi connectivity index (χ3n) is 3.21. The minimum absolute atomic E-state index is 0.174. The highest BCUT2D eigenvalue weighted by Crippen LogP contribution is 2.20. The third-order valence-corrected chi connectivity index (χ3v) is 3.21. The highest BCUT2D eigenvalue weighted by molar-refractivity contribution is 5.47. The number of aliphatic hydroxyl groups is 1. The Morgan fingerprint density at radius 2 is 2.24 bits per heavy atom. The van der Waals surface area contributed by atoms with Crippen LogP contribution in [0.15, 0.2) is 24.3 Å². The van der Waals surface area contributed by atoms with Crippen LogP contribution in [0.5, 0.6) is 0 Å². The molecule has 0 aliphatic heterocycles. The van der Waals surface area contributed by atoms with Crippen LogP contribution < -0.4 is 10.2 Å². The number of likely N-dealkylation sites (N-methyl/N-ethyl adjacent to an activating group) is 1. The summed E-state index contributed by atoms with van der Waals surface area (Å²) in [5, 5.41) is 12.8. The molecule has 1 aliphatic carbocycles. The molecule has 0 aromatic heterocycles. The normalized spacial score (nSPS) is 16.9. The maximum absolute atomic E-state index is 9.36. The average Bonchev–Trinajstić information content (AvgIpc) is 3.12. The van der Waals surface area contributed by atoms with Gasteiger partial charge in [0.1, 0.15) is 0 Å². The predicted molar refractivity (Wildman–Crippen MR) is 71.5 cm³/mol. The first-order valence-electron chi connectivity index (χ1n) is 6.33. The van der Waals surface area contributed by atoms with Gasteiger partial charge in [0.15, 0.2) is 0 Å². The molecule has 1 aromatic rings. The van der Waals surface area contributed by atoms with E-state index in [2.05, 4.69) is 48.5 Å². The second kappa shape index (κ2) is 5.52. The number of benzene rings is 1. The molecule has 1 saturated carbocycles. The number of nitrogens with zero attached hydrogens (tertiary/aromatic N) is 1. The summed E-state index contributed by atoms with van der Waals surface area (Å²) in [5.41, 5.74) is 2.48. The van der Waals surface area contributed by atoms with Crippen LogP contribution >= 0.6 is 0 Å². The van der Waals surface area contributed by atoms with E-state index in [9.17, 15) is 5.11 Å². The van der Waals surface area contributed by atoms with Crippen molar-refractivity contribution in [2.75, 3.05) is 25.1 Å². The first-order chi connectivity index (χ1) is 8.19. The van der Waals surface area contributed by atoms with E-state index in [1.54, 1.807) is 0 Å². The van der Waals surface area contributed by atoms with E-state index in [0.717, 1.165) is 6.54 Å². The number of aryl methyl sites for hydroxylation is 1. The highest BCUT2D eigenvalue weighted by Gasteiger charge is 2.24. The van der Waals surface area contributed by atoms with Crippen LogP contribution in [0.3, 0.4) is 0 Å². The van der Waals surface area contributed by atoms with Gasteiger partial charge in [0.25, 0.3) is 0 Å². The van der Waals surface area contributed by atoms with E-state index in [-0.39, 0.29) is 12.6 Å². The quantitative estimate of drug-likeness (QED) is 0.784. The number of nitrogens with one attached hydrogen (secondary N) is 1. The molecule has 0 heterocycles. The van der Waals surface area contributed by atoms with Crippen LogP contribution in [0.1, 0.15) is 18.4 Å². The van der Waals surface area contributed by atoms with E-state index >= 15 is 0 Å². The van der Waals surface area contributed by atoms with Crippen LogP contribution in [0, 0.1) is 6.92 Å². The minimum Gasteiger partial charge on any atom is -0.395 e. The molecule has 0 bridgehead atoms. The molecular weight excluding hydrogens is 212 g/mol. The van der Waals surface area contributed by atoms with Gasteiger partial charge in [0.05, 0.1) is 6.61 Å². The summed E-state index contributed by atoms with van der Waals surface area (Å²) in [4.78, 5) is 2.20. The van der Waals surface area contributed by atoms with Gasteiger partial charge in [0.2, 0.25) is 0 Å². The lowest BCUT2D eigenvalue weighted by atomic mass is 10.2. The SMILES string of the molecule is Cc1cccc(N(C)CC(CO)NC2CC2)c1. The Bertz CT molecular complexity index is 363. The van der Waals surface area contributed by atoms with Crippen molar-refractivity contribution in [2.24, 2.45) is 0 Å². The lowest BCUT2D eigenvalue weighted by Crippen LogP contribution is -2.43. The predicted octanol–water partition coefficient (Wildman–Crippen LogP) is 1.54. The van der Waals surface area contributed by atoms with Gasteiger partial charge in [-0.2, -0.15) is 0 Å². The van der Waals surface area contributed by atoms with Gasteiger partial charge in [0, 0.05) is 31.4 Å². The van der Waals surface area contributed by atoms with Crippen molar-refractivity contribution in [1.82, 2.24) is 5.32 Å². The highest BCUT2D eigenvalue weighted by atomic mass is 16.3. The summed E-state index contributed by atoms with van der Waals surface area (Å²) in [6.45, 7) is 3.15. The summed E-state index contributed by atoms with van der Waals surface area (Å²) in [7, 11) is 2.08. The molecule has 17 heavy (non-hydrogen) atoms. The zero-order valence-corrected chi connectivity index (χ0v) is 10.7. The van der Waals surface area contributed by atoms with E-state index < -0.39 is 0 Å². The molecule has 2 N–H and O–H groups in total. The van der Waals surface area contributed by atoms with E-state index in [4.69, 9.17) is 0 Å². The lowest BCUT2D eigenvalue weighted by molar-refractivity contribution is 0.243. The lowest BCUT2D eigenvalue weighted by Gasteiger charge is -2.25. The fourth-order valence-corrected chi connectivity index (χ4v) is 2.05. The van der Waals surface area contributed by atoms with Gasteiger partial charge in [-0.3, -0.25) is 0 Å². The van der Waals surface area contributed by atoms with Crippen LogP contribution in [0.4, 0.5) is 5.69 Å². The smallest absolute Gasteiger partial charge is 0.0602 e. The average molecular weight is 234 g/mol. The molecule has 2 rings (SSSR count). The molecule has 1 atom stereocenters. The number of anilines is 1. The fourth-order valence-electron chi connectivity index (χ4n) is 2.05. The number of hydrogen-bond donors (Lipinski definition) is 2. The van der Waals surface area contributed by atoms with Crippen LogP contribution in [-0.4, -0.2) is 37.4 Å². The Morgan fingerprint density at radius 1 is 1.47 bits per heavy atom. The Kier molecular flexibility index (Phi) is 4.02. The van der Waals surface area contributed by atoms with Gasteiger partial charge >= 0.3 is 0 Å². The zero-order valence-electron chi connectivity index (χ0n) is 10.7. The van der Waals surface area contributed by atoms with Crippen LogP contribution in [-0.2, 0) is 0 Å². The largest absolute Gasteiger partial charge is 0.395 e. The standard InChI is InChI=1S/C14H22N2O/c1-11-4-3-5-14(8-11)16(2)9-13(10-17)15-12-6-7-12/h3-5,8,12-13,15,17H,6-7,9-10H2,1-2H3. The van der Waals surface area contributed by atoms with Crippen molar-refractivity contribution >= 4 is 5.69 Å². The molecule has 0 saturated heterocycles. The molecule has 0 amide bonds. The Labute approximate surface area is 103 Å². The van der Waals surface area contributed by atoms with Crippen LogP contribution in [0.2, 0.25) is 0 Å². The summed E-state index contributed by atoms with van der Waals surface area (Å²) < 4.78 is 0. The summed E-state index contributed by atoms with van der Waals surface area (Å²) in [6.07, 6.45) is 2.51. The first-order valence-corrected chi connectivity index (χ1v) is 6.33. The molecule has 94 valence electrons. The van der Waals surface area contributed by atoms with E-state index in [1.807, 2.05) is 0 Å². The summed E-state index contributed by atoms with van der Waals surface area (Å²) in [5.74, 6) is 0. The second-order valence-electron chi connectivity index (χ2n) is 5.04. The zero-order chi connectivity index (χ0) is 12.3. The van der Waals surface area contributed by atoms with Crippen molar-refractivity contribution in [2.45, 2.75) is 31.8 Å². The third kappa shape index (κ3) is 3.72. The second-order valence-corrected chi connectivity index (χ2v) is 5.04. The Hall–Kier alpha value is -1.06. The van der Waals surface area contributed by atoms with Gasteiger partial charge in [-0.05, 0) is 37.5 Å². The maximum atomic E-state index is 9.36. The monoisotopic (exact) mass is 234 g/mol. The van der Waals surface area contributed by atoms with Crippen molar-refractivity contribution in [1.29, 1.82) is 0 Å². The molecule has 0 radical (unpaired) electrons. The molecule has 1 aliphatic rings. The number of aliphatic hydroxyl groups excluding tert-OH is 1. The van der Waals surface area contributed by atoms with Crippen molar-refractivity contribution in [3.63, 3.8) is 0 Å². The van der Waals surface area contributed by atoms with Crippen molar-refractivity contribution < 1.29 is 5.11 Å². The molecule has 0 spiro atoms.